The molecule has 1 saturated carbocycles. The Bertz CT molecular complexity index is 222. The highest BCUT2D eigenvalue weighted by Gasteiger charge is 2.37. The maximum absolute atomic E-state index is 11.1. The largest absolute Gasteiger partial charge is 0.480 e. The molecule has 15 heavy (non-hydrogen) atoms. The molecule has 0 spiro atoms. The number of carboxylic acid groups (broad SMARTS) is 1. The van der Waals surface area contributed by atoms with Gasteiger partial charge in [0.15, 0.2) is 0 Å². The van der Waals surface area contributed by atoms with E-state index in [9.17, 15) is 4.79 Å². The number of aliphatic carboxylic acids is 1. The van der Waals surface area contributed by atoms with Crippen molar-refractivity contribution in [1.82, 2.24) is 5.32 Å². The number of hydrogen-bond acceptors (Lipinski definition) is 2. The fraction of sp³-hybridized carbons (Fsp3) is 0.917. The number of carboxylic acids is 1. The molecular formula is C12H21NO2. The Morgan fingerprint density at radius 2 is 1.73 bits per heavy atom. The molecule has 0 bridgehead atoms. The highest BCUT2D eigenvalue weighted by molar-refractivity contribution is 5.74. The highest BCUT2D eigenvalue weighted by atomic mass is 16.4. The lowest BCUT2D eigenvalue weighted by molar-refractivity contribution is -0.140. The third kappa shape index (κ3) is 2.51. The molecule has 0 radical (unpaired) electrons. The molecule has 1 saturated heterocycles. The van der Waals surface area contributed by atoms with E-state index in [-0.39, 0.29) is 6.04 Å². The van der Waals surface area contributed by atoms with Crippen LogP contribution >= 0.6 is 0 Å². The molecule has 0 aromatic carbocycles. The zero-order valence-corrected chi connectivity index (χ0v) is 9.24. The third-order valence-corrected chi connectivity index (χ3v) is 4.04. The molecular weight excluding hydrogens is 190 g/mol. The third-order valence-electron chi connectivity index (χ3n) is 4.04. The Hall–Kier alpha value is -0.570. The van der Waals surface area contributed by atoms with E-state index in [2.05, 4.69) is 5.32 Å². The molecule has 1 aliphatic heterocycles. The summed E-state index contributed by atoms with van der Waals surface area (Å²) in [6.07, 6.45) is 8.83. The van der Waals surface area contributed by atoms with Crippen LogP contribution in [0.25, 0.3) is 0 Å². The standard InChI is InChI=1S/C12H21NO2/c14-12(15)11-10(7-8-13-11)9-5-3-1-2-4-6-9/h9-11,13H,1-8H2,(H,14,15). The summed E-state index contributed by atoms with van der Waals surface area (Å²) in [6.45, 7) is 0.887. The topological polar surface area (TPSA) is 49.3 Å². The van der Waals surface area contributed by atoms with Crippen molar-refractivity contribution in [3.05, 3.63) is 0 Å². The first-order chi connectivity index (χ1) is 7.29. The zero-order chi connectivity index (χ0) is 10.7. The lowest BCUT2D eigenvalue weighted by Crippen LogP contribution is -2.38. The van der Waals surface area contributed by atoms with E-state index < -0.39 is 5.97 Å². The second-order valence-electron chi connectivity index (χ2n) is 4.97. The molecule has 3 heteroatoms. The Labute approximate surface area is 91.2 Å². The summed E-state index contributed by atoms with van der Waals surface area (Å²) in [6, 6.07) is -0.270. The lowest BCUT2D eigenvalue weighted by Gasteiger charge is -2.24. The van der Waals surface area contributed by atoms with E-state index >= 15 is 0 Å². The van der Waals surface area contributed by atoms with Crippen molar-refractivity contribution in [2.24, 2.45) is 11.8 Å². The van der Waals surface area contributed by atoms with Gasteiger partial charge in [-0.05, 0) is 24.8 Å². The van der Waals surface area contributed by atoms with Crippen molar-refractivity contribution in [3.8, 4) is 0 Å². The van der Waals surface area contributed by atoms with Crippen LogP contribution in [0, 0.1) is 11.8 Å². The molecule has 1 heterocycles. The lowest BCUT2D eigenvalue weighted by atomic mass is 9.81. The van der Waals surface area contributed by atoms with Crippen LogP contribution in [-0.4, -0.2) is 23.7 Å². The van der Waals surface area contributed by atoms with Gasteiger partial charge >= 0.3 is 5.97 Å². The average Bonchev–Trinajstić information content (AvgIpc) is 2.55. The molecule has 0 aromatic rings. The van der Waals surface area contributed by atoms with Crippen LogP contribution in [0.1, 0.15) is 44.9 Å². The van der Waals surface area contributed by atoms with Crippen LogP contribution in [0.2, 0.25) is 0 Å². The van der Waals surface area contributed by atoms with Crippen LogP contribution in [0.15, 0.2) is 0 Å². The SMILES string of the molecule is O=C(O)C1NCCC1C1CCCCCC1. The van der Waals surface area contributed by atoms with E-state index in [0.717, 1.165) is 13.0 Å². The van der Waals surface area contributed by atoms with Gasteiger partial charge in [0.25, 0.3) is 0 Å². The highest BCUT2D eigenvalue weighted by Crippen LogP contribution is 2.34. The van der Waals surface area contributed by atoms with Crippen molar-refractivity contribution in [2.75, 3.05) is 6.54 Å². The monoisotopic (exact) mass is 211 g/mol. The van der Waals surface area contributed by atoms with Crippen LogP contribution < -0.4 is 5.32 Å². The summed E-state index contributed by atoms with van der Waals surface area (Å²) in [5, 5.41) is 12.2. The first-order valence-corrected chi connectivity index (χ1v) is 6.25. The molecule has 2 rings (SSSR count). The van der Waals surface area contributed by atoms with Crippen molar-refractivity contribution in [1.29, 1.82) is 0 Å². The summed E-state index contributed by atoms with van der Waals surface area (Å²) >= 11 is 0. The first kappa shape index (κ1) is 10.9. The van der Waals surface area contributed by atoms with Gasteiger partial charge in [-0.1, -0.05) is 38.5 Å². The van der Waals surface area contributed by atoms with E-state index in [1.54, 1.807) is 0 Å². The molecule has 0 amide bonds. The van der Waals surface area contributed by atoms with E-state index in [1.165, 1.54) is 38.5 Å². The van der Waals surface area contributed by atoms with Gasteiger partial charge in [0.05, 0.1) is 0 Å². The summed E-state index contributed by atoms with van der Waals surface area (Å²) in [4.78, 5) is 11.1. The van der Waals surface area contributed by atoms with Gasteiger partial charge in [-0.3, -0.25) is 4.79 Å². The molecule has 2 unspecified atom stereocenters. The van der Waals surface area contributed by atoms with Crippen molar-refractivity contribution < 1.29 is 9.90 Å². The second-order valence-corrected chi connectivity index (χ2v) is 4.97. The number of hydrogen-bond donors (Lipinski definition) is 2. The minimum Gasteiger partial charge on any atom is -0.480 e. The summed E-state index contributed by atoms with van der Waals surface area (Å²) in [5.74, 6) is 0.394. The summed E-state index contributed by atoms with van der Waals surface area (Å²) in [5.41, 5.74) is 0. The Morgan fingerprint density at radius 3 is 2.33 bits per heavy atom. The Balaban J connectivity index is 1.97. The number of carbonyl (C=O) groups is 1. The number of nitrogens with one attached hydrogen (secondary N) is 1. The Morgan fingerprint density at radius 1 is 1.07 bits per heavy atom. The van der Waals surface area contributed by atoms with Gasteiger partial charge in [-0.15, -0.1) is 0 Å². The van der Waals surface area contributed by atoms with E-state index in [1.807, 2.05) is 0 Å². The molecule has 2 aliphatic rings. The maximum atomic E-state index is 11.1. The van der Waals surface area contributed by atoms with Gasteiger partial charge < -0.3 is 10.4 Å². The van der Waals surface area contributed by atoms with Gasteiger partial charge in [0.1, 0.15) is 6.04 Å². The smallest absolute Gasteiger partial charge is 0.320 e. The van der Waals surface area contributed by atoms with Crippen molar-refractivity contribution in [2.45, 2.75) is 51.0 Å². The van der Waals surface area contributed by atoms with Crippen LogP contribution in [0.4, 0.5) is 0 Å². The second kappa shape index (κ2) is 4.97. The van der Waals surface area contributed by atoms with Crippen molar-refractivity contribution >= 4 is 5.97 Å². The Kier molecular flexibility index (Phi) is 3.62. The zero-order valence-electron chi connectivity index (χ0n) is 9.24. The molecule has 2 atom stereocenters. The van der Waals surface area contributed by atoms with Crippen LogP contribution in [-0.2, 0) is 4.79 Å². The first-order valence-electron chi connectivity index (χ1n) is 6.25. The van der Waals surface area contributed by atoms with Gasteiger partial charge in [-0.2, -0.15) is 0 Å². The van der Waals surface area contributed by atoms with Gasteiger partial charge in [0.2, 0.25) is 0 Å². The van der Waals surface area contributed by atoms with Crippen LogP contribution in [0.5, 0.6) is 0 Å². The average molecular weight is 211 g/mol. The van der Waals surface area contributed by atoms with Crippen LogP contribution in [0.3, 0.4) is 0 Å². The minimum absolute atomic E-state index is 0.270. The molecule has 86 valence electrons. The molecule has 2 fully saturated rings. The molecule has 1 aliphatic carbocycles. The summed E-state index contributed by atoms with van der Waals surface area (Å²) < 4.78 is 0. The fourth-order valence-electron chi connectivity index (χ4n) is 3.24. The summed E-state index contributed by atoms with van der Waals surface area (Å²) in [7, 11) is 0. The fourth-order valence-corrected chi connectivity index (χ4v) is 3.24. The number of rotatable bonds is 2. The van der Waals surface area contributed by atoms with Gasteiger partial charge in [-0.25, -0.2) is 0 Å². The molecule has 2 N–H and O–H groups in total. The molecule has 0 aromatic heterocycles. The van der Waals surface area contributed by atoms with E-state index in [0.29, 0.717) is 11.8 Å². The predicted octanol–water partition coefficient (Wildman–Crippen LogP) is 2.02. The quantitative estimate of drug-likeness (QED) is 0.687. The normalized spacial score (nSPS) is 33.9. The van der Waals surface area contributed by atoms with Gasteiger partial charge in [0, 0.05) is 0 Å². The van der Waals surface area contributed by atoms with E-state index in [4.69, 9.17) is 5.11 Å². The maximum Gasteiger partial charge on any atom is 0.320 e. The van der Waals surface area contributed by atoms with Crippen molar-refractivity contribution in [3.63, 3.8) is 0 Å². The minimum atomic E-state index is -0.651. The molecule has 3 nitrogen and oxygen atoms in total. The predicted molar refractivity (Wildman–Crippen MR) is 58.7 cm³/mol.